The molecule has 0 atom stereocenters. The Labute approximate surface area is 198 Å². The maximum absolute atomic E-state index is 10.1. The average Bonchev–Trinajstić information content (AvgIpc) is 3.10. The third-order valence-corrected chi connectivity index (χ3v) is 6.56. The molecule has 0 radical (unpaired) electrons. The Hall–Kier alpha value is -2.37. The first-order chi connectivity index (χ1) is 15.6. The van der Waals surface area contributed by atoms with Crippen LogP contribution in [0.2, 0.25) is 0 Å². The minimum atomic E-state index is -0.629. The van der Waals surface area contributed by atoms with E-state index in [-0.39, 0.29) is 0 Å². The van der Waals surface area contributed by atoms with Crippen molar-refractivity contribution in [1.29, 1.82) is 0 Å². The molecule has 3 heterocycles. The third kappa shape index (κ3) is 5.77. The molecule has 0 amide bonds. The molecule has 0 unspecified atom stereocenters. The number of likely N-dealkylation sites (tertiary alicyclic amines) is 1. The molecule has 1 aliphatic heterocycles. The lowest BCUT2D eigenvalue weighted by Gasteiger charge is -2.35. The Morgan fingerprint density at radius 3 is 2.39 bits per heavy atom. The van der Waals surface area contributed by atoms with Crippen LogP contribution in [0.5, 0.6) is 5.75 Å². The molecule has 2 aromatic heterocycles. The van der Waals surface area contributed by atoms with Gasteiger partial charge in [-0.2, -0.15) is 0 Å². The first kappa shape index (κ1) is 23.8. The molecule has 178 valence electrons. The number of benzene rings is 1. The van der Waals surface area contributed by atoms with Crippen molar-refractivity contribution >= 4 is 10.9 Å². The van der Waals surface area contributed by atoms with Crippen molar-refractivity contribution in [3.05, 3.63) is 47.3 Å². The number of hydrogen-bond acceptors (Lipinski definition) is 4. The van der Waals surface area contributed by atoms with E-state index in [1.54, 1.807) is 0 Å². The summed E-state index contributed by atoms with van der Waals surface area (Å²) in [4.78, 5) is 10.6. The Bertz CT molecular complexity index is 1080. The fourth-order valence-corrected chi connectivity index (χ4v) is 5.16. The molecule has 1 aromatic carbocycles. The number of fused-ring (bicyclic) bond motifs is 1. The van der Waals surface area contributed by atoms with Crippen molar-refractivity contribution in [2.45, 2.75) is 65.9 Å². The minimum Gasteiger partial charge on any atom is -0.493 e. The van der Waals surface area contributed by atoms with Crippen LogP contribution in [0.1, 0.15) is 63.4 Å². The lowest BCUT2D eigenvalue weighted by molar-refractivity contribution is 0.0212. The van der Waals surface area contributed by atoms with Gasteiger partial charge < -0.3 is 19.7 Å². The van der Waals surface area contributed by atoms with Gasteiger partial charge >= 0.3 is 0 Å². The van der Waals surface area contributed by atoms with E-state index in [1.165, 1.54) is 22.2 Å². The fourth-order valence-electron chi connectivity index (χ4n) is 5.16. The van der Waals surface area contributed by atoms with Crippen molar-refractivity contribution in [2.24, 2.45) is 5.92 Å². The van der Waals surface area contributed by atoms with E-state index in [1.807, 2.05) is 13.8 Å². The van der Waals surface area contributed by atoms with Gasteiger partial charge in [-0.25, -0.2) is 0 Å². The number of ether oxygens (including phenoxy) is 1. The Balaban J connectivity index is 1.50. The summed E-state index contributed by atoms with van der Waals surface area (Å²) in [7, 11) is 0. The Kier molecular flexibility index (Phi) is 6.83. The number of aliphatic hydroxyl groups is 1. The van der Waals surface area contributed by atoms with Crippen LogP contribution >= 0.6 is 0 Å². The largest absolute Gasteiger partial charge is 0.493 e. The van der Waals surface area contributed by atoms with Crippen LogP contribution in [0, 0.1) is 19.8 Å². The molecular formula is C28H39N3O2. The van der Waals surface area contributed by atoms with Crippen LogP contribution in [-0.2, 0) is 0 Å². The van der Waals surface area contributed by atoms with Gasteiger partial charge in [0.05, 0.1) is 17.9 Å². The van der Waals surface area contributed by atoms with E-state index in [0.29, 0.717) is 11.8 Å². The number of aryl methyl sites for hydroxylation is 2. The molecule has 1 aliphatic rings. The molecule has 33 heavy (non-hydrogen) atoms. The summed E-state index contributed by atoms with van der Waals surface area (Å²) in [5, 5.41) is 11.3. The van der Waals surface area contributed by atoms with E-state index in [0.717, 1.165) is 61.7 Å². The van der Waals surface area contributed by atoms with Crippen molar-refractivity contribution in [1.82, 2.24) is 14.9 Å². The summed E-state index contributed by atoms with van der Waals surface area (Å²) < 4.78 is 6.29. The van der Waals surface area contributed by atoms with Gasteiger partial charge in [0.2, 0.25) is 0 Å². The van der Waals surface area contributed by atoms with E-state index in [4.69, 9.17) is 4.74 Å². The van der Waals surface area contributed by atoms with Crippen molar-refractivity contribution in [3.8, 4) is 17.0 Å². The highest BCUT2D eigenvalue weighted by Gasteiger charge is 2.24. The topological polar surface area (TPSA) is 61.4 Å². The maximum Gasteiger partial charge on any atom is 0.120 e. The van der Waals surface area contributed by atoms with E-state index < -0.39 is 5.60 Å². The summed E-state index contributed by atoms with van der Waals surface area (Å²) in [5.41, 5.74) is 6.31. The standard InChI is InChI=1S/C28H39N3O2/c1-18(2)26-24-15-23(33-16-21-9-11-31(12-10-21)17-28(5,6)32)7-8-25(24)30-27(26)22-13-19(3)29-20(4)14-22/h7-8,13-15,18,21,30,32H,9-12,16-17H2,1-6H3. The predicted octanol–water partition coefficient (Wildman–Crippen LogP) is 5.83. The van der Waals surface area contributed by atoms with Crippen molar-refractivity contribution in [3.63, 3.8) is 0 Å². The molecule has 0 spiro atoms. The van der Waals surface area contributed by atoms with Crippen LogP contribution < -0.4 is 4.74 Å². The molecule has 0 bridgehead atoms. The number of nitrogens with zero attached hydrogens (tertiary/aromatic N) is 2. The second-order valence-electron chi connectivity index (χ2n) is 10.8. The highest BCUT2D eigenvalue weighted by atomic mass is 16.5. The minimum absolute atomic E-state index is 0.387. The van der Waals surface area contributed by atoms with Crippen molar-refractivity contribution < 1.29 is 9.84 Å². The molecule has 5 nitrogen and oxygen atoms in total. The van der Waals surface area contributed by atoms with Gasteiger partial charge in [-0.3, -0.25) is 4.98 Å². The molecule has 0 aliphatic carbocycles. The average molecular weight is 450 g/mol. The van der Waals surface area contributed by atoms with Gasteiger partial charge in [-0.15, -0.1) is 0 Å². The molecule has 3 aromatic rings. The van der Waals surface area contributed by atoms with Gasteiger partial charge in [0, 0.05) is 34.4 Å². The molecule has 4 rings (SSSR count). The summed E-state index contributed by atoms with van der Waals surface area (Å²) in [6.07, 6.45) is 2.23. The quantitative estimate of drug-likeness (QED) is 0.476. The summed E-state index contributed by atoms with van der Waals surface area (Å²) >= 11 is 0. The first-order valence-electron chi connectivity index (χ1n) is 12.3. The SMILES string of the molecule is Cc1cc(-c2[nH]c3ccc(OCC4CCN(CC(C)(C)O)CC4)cc3c2C(C)C)cc(C)n1. The number of rotatable bonds is 7. The number of piperidine rings is 1. The number of H-pyrrole nitrogens is 1. The van der Waals surface area contributed by atoms with Gasteiger partial charge in [0.25, 0.3) is 0 Å². The second kappa shape index (κ2) is 9.47. The van der Waals surface area contributed by atoms with Gasteiger partial charge in [0.15, 0.2) is 0 Å². The monoisotopic (exact) mass is 449 g/mol. The highest BCUT2D eigenvalue weighted by Crippen LogP contribution is 2.37. The van der Waals surface area contributed by atoms with Gasteiger partial charge in [0.1, 0.15) is 5.75 Å². The zero-order chi connectivity index (χ0) is 23.8. The van der Waals surface area contributed by atoms with Crippen molar-refractivity contribution in [2.75, 3.05) is 26.2 Å². The number of hydrogen-bond donors (Lipinski definition) is 2. The number of aromatic amines is 1. The smallest absolute Gasteiger partial charge is 0.120 e. The Morgan fingerprint density at radius 2 is 1.79 bits per heavy atom. The summed E-state index contributed by atoms with van der Waals surface area (Å²) in [5.74, 6) is 1.89. The third-order valence-electron chi connectivity index (χ3n) is 6.56. The summed E-state index contributed by atoms with van der Waals surface area (Å²) in [6, 6.07) is 10.7. The number of nitrogens with one attached hydrogen (secondary N) is 1. The molecule has 1 fully saturated rings. The summed E-state index contributed by atoms with van der Waals surface area (Å²) in [6.45, 7) is 15.9. The van der Waals surface area contributed by atoms with Gasteiger partial charge in [-0.05, 0) is 101 Å². The molecule has 0 saturated carbocycles. The number of pyridine rings is 1. The van der Waals surface area contributed by atoms with E-state index >= 15 is 0 Å². The van der Waals surface area contributed by atoms with Crippen LogP contribution in [0.25, 0.3) is 22.2 Å². The number of β-amino-alcohol motifs (C(OH)–C–C–N with tert-alkyl or cyclic N) is 1. The Morgan fingerprint density at radius 1 is 1.12 bits per heavy atom. The normalized spacial score (nSPS) is 16.1. The van der Waals surface area contributed by atoms with Gasteiger partial charge in [-0.1, -0.05) is 13.8 Å². The van der Waals surface area contributed by atoms with E-state index in [2.05, 4.69) is 72.9 Å². The lowest BCUT2D eigenvalue weighted by Crippen LogP contribution is -2.43. The second-order valence-corrected chi connectivity index (χ2v) is 10.8. The van der Waals surface area contributed by atoms with Crippen LogP contribution in [0.4, 0.5) is 0 Å². The molecular weight excluding hydrogens is 410 g/mol. The molecule has 5 heteroatoms. The lowest BCUT2D eigenvalue weighted by atomic mass is 9.95. The van der Waals surface area contributed by atoms with Crippen LogP contribution in [0.15, 0.2) is 30.3 Å². The van der Waals surface area contributed by atoms with Crippen LogP contribution in [0.3, 0.4) is 0 Å². The number of aromatic nitrogens is 2. The maximum atomic E-state index is 10.1. The first-order valence-corrected chi connectivity index (χ1v) is 12.3. The van der Waals surface area contributed by atoms with Crippen LogP contribution in [-0.4, -0.2) is 51.8 Å². The highest BCUT2D eigenvalue weighted by molar-refractivity contribution is 5.92. The predicted molar refractivity (Wildman–Crippen MR) is 136 cm³/mol. The van der Waals surface area contributed by atoms with E-state index in [9.17, 15) is 5.11 Å². The zero-order valence-corrected chi connectivity index (χ0v) is 21.0. The fraction of sp³-hybridized carbons (Fsp3) is 0.536. The zero-order valence-electron chi connectivity index (χ0n) is 21.0. The molecule has 1 saturated heterocycles. The molecule has 2 N–H and O–H groups in total.